The summed E-state index contributed by atoms with van der Waals surface area (Å²) in [6.07, 6.45) is 6.30. The van der Waals surface area contributed by atoms with Gasteiger partial charge in [-0.25, -0.2) is 0 Å². The van der Waals surface area contributed by atoms with Crippen LogP contribution in [0.15, 0.2) is 0 Å². The van der Waals surface area contributed by atoms with Gasteiger partial charge in [0.1, 0.15) is 0 Å². The van der Waals surface area contributed by atoms with Crippen LogP contribution >= 0.6 is 0 Å². The first-order valence-corrected chi connectivity index (χ1v) is 4.42. The van der Waals surface area contributed by atoms with Crippen LogP contribution in [-0.2, 0) is 4.74 Å². The molecule has 2 atom stereocenters. The van der Waals surface area contributed by atoms with Gasteiger partial charge >= 0.3 is 0 Å². The van der Waals surface area contributed by atoms with Crippen LogP contribution in [0.2, 0.25) is 0 Å². The summed E-state index contributed by atoms with van der Waals surface area (Å²) in [7, 11) is 1.86. The molecule has 0 rings (SSSR count). The molecule has 0 aromatic rings. The molecule has 0 aliphatic rings. The fraction of sp³-hybridized carbons (Fsp3) is 0.800. The molecule has 0 aliphatic heterocycles. The zero-order valence-corrected chi connectivity index (χ0v) is 8.48. The Balaban J connectivity index is 4.38. The first-order chi connectivity index (χ1) is 5.64. The molecular weight excluding hydrogens is 150 g/mol. The predicted octanol–water partition coefficient (Wildman–Crippen LogP) is 1.41. The average Bonchev–Trinajstić information content (AvgIpc) is 2.07. The van der Waals surface area contributed by atoms with Gasteiger partial charge in [0.25, 0.3) is 0 Å². The minimum Gasteiger partial charge on any atom is -0.373 e. The van der Waals surface area contributed by atoms with Gasteiger partial charge in [-0.2, -0.15) is 0 Å². The first-order valence-electron chi connectivity index (χ1n) is 4.42. The van der Waals surface area contributed by atoms with E-state index < -0.39 is 0 Å². The van der Waals surface area contributed by atoms with Gasteiger partial charge in [-0.1, -0.05) is 12.8 Å². The molecular formula is C10H19NO. The van der Waals surface area contributed by atoms with Crippen LogP contribution in [0.1, 0.15) is 27.2 Å². The Morgan fingerprint density at radius 2 is 2.17 bits per heavy atom. The van der Waals surface area contributed by atoms with Crippen LogP contribution < -0.4 is 5.32 Å². The van der Waals surface area contributed by atoms with Crippen molar-refractivity contribution in [2.24, 2.45) is 0 Å². The maximum atomic E-state index is 5.62. The summed E-state index contributed by atoms with van der Waals surface area (Å²) >= 11 is 0. The van der Waals surface area contributed by atoms with Gasteiger partial charge in [0.05, 0.1) is 11.6 Å². The van der Waals surface area contributed by atoms with Crippen molar-refractivity contribution in [3.05, 3.63) is 0 Å². The summed E-state index contributed by atoms with van der Waals surface area (Å²) in [6, 6.07) is -0.0116. The lowest BCUT2D eigenvalue weighted by atomic mass is 9.94. The number of nitrogens with one attached hydrogen (secondary N) is 1. The van der Waals surface area contributed by atoms with E-state index in [0.29, 0.717) is 6.61 Å². The van der Waals surface area contributed by atoms with Crippen LogP contribution in [0, 0.1) is 12.3 Å². The number of hydrogen-bond donors (Lipinski definition) is 1. The lowest BCUT2D eigenvalue weighted by Gasteiger charge is -2.33. The average molecular weight is 169 g/mol. The van der Waals surface area contributed by atoms with Gasteiger partial charge < -0.3 is 10.1 Å². The van der Waals surface area contributed by atoms with Gasteiger partial charge in [0, 0.05) is 6.61 Å². The van der Waals surface area contributed by atoms with Crippen LogP contribution in [0.5, 0.6) is 0 Å². The highest BCUT2D eigenvalue weighted by Gasteiger charge is 2.30. The molecule has 0 bridgehead atoms. The maximum Gasteiger partial charge on any atom is 0.0975 e. The largest absolute Gasteiger partial charge is 0.373 e. The van der Waals surface area contributed by atoms with Crippen molar-refractivity contribution >= 4 is 0 Å². The van der Waals surface area contributed by atoms with E-state index in [1.807, 2.05) is 20.9 Å². The minimum absolute atomic E-state index is 0.0116. The summed E-state index contributed by atoms with van der Waals surface area (Å²) in [6.45, 7) is 6.80. The fourth-order valence-electron chi connectivity index (χ4n) is 1.28. The number of rotatable bonds is 5. The van der Waals surface area contributed by atoms with E-state index in [1.54, 1.807) is 0 Å². The van der Waals surface area contributed by atoms with Crippen LogP contribution in [0.25, 0.3) is 0 Å². The van der Waals surface area contributed by atoms with Gasteiger partial charge in [0.2, 0.25) is 0 Å². The van der Waals surface area contributed by atoms with Gasteiger partial charge in [-0.05, 0) is 27.3 Å². The summed E-state index contributed by atoms with van der Waals surface area (Å²) < 4.78 is 5.62. The summed E-state index contributed by atoms with van der Waals surface area (Å²) in [5.74, 6) is 2.69. The molecule has 0 heterocycles. The van der Waals surface area contributed by atoms with Crippen LogP contribution in [0.3, 0.4) is 0 Å². The van der Waals surface area contributed by atoms with Gasteiger partial charge in [-0.3, -0.25) is 0 Å². The lowest BCUT2D eigenvalue weighted by molar-refractivity contribution is -0.0404. The second-order valence-electron chi connectivity index (χ2n) is 2.99. The molecule has 1 N–H and O–H groups in total. The zero-order valence-electron chi connectivity index (χ0n) is 8.48. The van der Waals surface area contributed by atoms with Gasteiger partial charge in [0.15, 0.2) is 0 Å². The van der Waals surface area contributed by atoms with E-state index >= 15 is 0 Å². The predicted molar refractivity (Wildman–Crippen MR) is 52.0 cm³/mol. The Hall–Kier alpha value is -0.520. The quantitative estimate of drug-likeness (QED) is 0.628. The lowest BCUT2D eigenvalue weighted by Crippen LogP contribution is -2.48. The van der Waals surface area contributed by atoms with Crippen molar-refractivity contribution < 1.29 is 4.74 Å². The van der Waals surface area contributed by atoms with Crippen molar-refractivity contribution in [2.75, 3.05) is 13.7 Å². The molecule has 0 saturated carbocycles. The maximum absolute atomic E-state index is 5.62. The second-order valence-corrected chi connectivity index (χ2v) is 2.99. The topological polar surface area (TPSA) is 21.3 Å². The van der Waals surface area contributed by atoms with Crippen molar-refractivity contribution in [1.82, 2.24) is 5.32 Å². The number of terminal acetylenes is 1. The molecule has 0 saturated heterocycles. The highest BCUT2D eigenvalue weighted by atomic mass is 16.5. The first kappa shape index (κ1) is 11.5. The Bertz CT molecular complexity index is 162. The van der Waals surface area contributed by atoms with Crippen molar-refractivity contribution in [1.29, 1.82) is 0 Å². The van der Waals surface area contributed by atoms with Crippen LogP contribution in [0.4, 0.5) is 0 Å². The highest BCUT2D eigenvalue weighted by molar-refractivity contribution is 5.08. The number of ether oxygens (including phenoxy) is 1. The molecule has 0 spiro atoms. The molecule has 0 aliphatic carbocycles. The normalized spacial score (nSPS) is 17.9. The number of likely N-dealkylation sites (N-methyl/N-ethyl adjacent to an activating group) is 1. The van der Waals surface area contributed by atoms with E-state index in [0.717, 1.165) is 6.42 Å². The molecule has 0 radical (unpaired) electrons. The molecule has 70 valence electrons. The SMILES string of the molecule is C#CC(NC)C(C)(CC)OCC. The third-order valence-electron chi connectivity index (χ3n) is 2.24. The molecule has 0 amide bonds. The van der Waals surface area contributed by atoms with Gasteiger partial charge in [-0.15, -0.1) is 6.42 Å². The van der Waals surface area contributed by atoms with E-state index in [9.17, 15) is 0 Å². The molecule has 2 unspecified atom stereocenters. The third kappa shape index (κ3) is 2.51. The number of hydrogen-bond acceptors (Lipinski definition) is 2. The molecule has 2 heteroatoms. The van der Waals surface area contributed by atoms with Crippen molar-refractivity contribution in [3.8, 4) is 12.3 Å². The van der Waals surface area contributed by atoms with E-state index in [4.69, 9.17) is 11.2 Å². The molecule has 0 fully saturated rings. The van der Waals surface area contributed by atoms with E-state index in [2.05, 4.69) is 18.2 Å². The summed E-state index contributed by atoms with van der Waals surface area (Å²) in [5.41, 5.74) is -0.238. The van der Waals surface area contributed by atoms with E-state index in [1.165, 1.54) is 0 Å². The van der Waals surface area contributed by atoms with Crippen molar-refractivity contribution in [3.63, 3.8) is 0 Å². The summed E-state index contributed by atoms with van der Waals surface area (Å²) in [5, 5.41) is 3.07. The Morgan fingerprint density at radius 1 is 1.58 bits per heavy atom. The Labute approximate surface area is 75.7 Å². The summed E-state index contributed by atoms with van der Waals surface area (Å²) in [4.78, 5) is 0. The molecule has 2 nitrogen and oxygen atoms in total. The third-order valence-corrected chi connectivity index (χ3v) is 2.24. The molecule has 0 aromatic carbocycles. The fourth-order valence-corrected chi connectivity index (χ4v) is 1.28. The zero-order chi connectivity index (χ0) is 9.61. The Kier molecular flexibility index (Phi) is 4.96. The smallest absolute Gasteiger partial charge is 0.0975 e. The van der Waals surface area contributed by atoms with E-state index in [-0.39, 0.29) is 11.6 Å². The minimum atomic E-state index is -0.238. The highest BCUT2D eigenvalue weighted by Crippen LogP contribution is 2.19. The van der Waals surface area contributed by atoms with Crippen molar-refractivity contribution in [2.45, 2.75) is 38.8 Å². The monoisotopic (exact) mass is 169 g/mol. The standard InChI is InChI=1S/C10H19NO/c1-6-9(11-5)10(4,7-2)12-8-3/h1,9,11H,7-8H2,2-5H3. The molecule has 12 heavy (non-hydrogen) atoms. The molecule has 0 aromatic heterocycles. The Morgan fingerprint density at radius 3 is 2.42 bits per heavy atom. The van der Waals surface area contributed by atoms with Crippen LogP contribution in [-0.4, -0.2) is 25.3 Å². The second kappa shape index (κ2) is 5.18.